The first-order valence-electron chi connectivity index (χ1n) is 14.0. The first kappa shape index (κ1) is 29.7. The van der Waals surface area contributed by atoms with Crippen molar-refractivity contribution in [2.75, 3.05) is 36.5 Å². The third-order valence-corrected chi connectivity index (χ3v) is 9.99. The molecule has 44 heavy (non-hydrogen) atoms. The first-order chi connectivity index (χ1) is 20.9. The monoisotopic (exact) mass is 624 g/mol. The molecule has 0 radical (unpaired) electrons. The maximum atomic E-state index is 13.9. The molecular weight excluding hydrogens is 594 g/mol. The van der Waals surface area contributed by atoms with Crippen LogP contribution in [0, 0.1) is 11.6 Å². The van der Waals surface area contributed by atoms with Crippen LogP contribution in [0.15, 0.2) is 59.6 Å². The van der Waals surface area contributed by atoms with Crippen molar-refractivity contribution < 1.29 is 31.5 Å². The van der Waals surface area contributed by atoms with E-state index in [-0.39, 0.29) is 24.3 Å². The van der Waals surface area contributed by atoms with Crippen LogP contribution in [0.3, 0.4) is 0 Å². The van der Waals surface area contributed by atoms with Crippen LogP contribution in [0.4, 0.5) is 20.2 Å². The van der Waals surface area contributed by atoms with Crippen molar-refractivity contribution in [1.82, 2.24) is 19.5 Å². The number of rotatable bonds is 8. The number of benzene rings is 2. The topological polar surface area (TPSA) is 140 Å². The Morgan fingerprint density at radius 2 is 1.80 bits per heavy atom. The smallest absolute Gasteiger partial charge is 0.272 e. The zero-order chi connectivity index (χ0) is 31.2. The van der Waals surface area contributed by atoms with Gasteiger partial charge in [-0.05, 0) is 56.3 Å². The van der Waals surface area contributed by atoms with Crippen molar-refractivity contribution in [3.05, 3.63) is 94.6 Å². The van der Waals surface area contributed by atoms with E-state index in [4.69, 9.17) is 4.74 Å². The third kappa shape index (κ3) is 5.40. The van der Waals surface area contributed by atoms with Gasteiger partial charge in [-0.15, -0.1) is 0 Å². The van der Waals surface area contributed by atoms with Gasteiger partial charge in [0.1, 0.15) is 17.3 Å². The van der Waals surface area contributed by atoms with Crippen molar-refractivity contribution >= 4 is 33.1 Å². The molecule has 6 rings (SSSR count). The summed E-state index contributed by atoms with van der Waals surface area (Å²) in [5.41, 5.74) is 1.88. The summed E-state index contributed by atoms with van der Waals surface area (Å²) < 4.78 is 61.4. The highest BCUT2D eigenvalue weighted by atomic mass is 32.2. The van der Waals surface area contributed by atoms with Gasteiger partial charge in [-0.2, -0.15) is 9.40 Å². The fourth-order valence-corrected chi connectivity index (χ4v) is 7.45. The highest BCUT2D eigenvalue weighted by Gasteiger charge is 2.48. The van der Waals surface area contributed by atoms with E-state index in [1.54, 1.807) is 44.3 Å². The highest BCUT2D eigenvalue weighted by Crippen LogP contribution is 2.43. The standard InChI is InChI=1S/C30H30F2N6O5S/c1-30(2)28-23(17-38(30)44(41,42)21-13-18(31)12-19(32)14-21)26(35-36-28)16-27(39)22-6-5-20(37-8-10-43-11-9-37)15-25(22)34-29(40)24-4-3-7-33-24/h3-7,12-15,33H,8-11,16-17H2,1-2H3,(H,34,40)(H,35,36). The molecule has 1 saturated heterocycles. The van der Waals surface area contributed by atoms with Crippen LogP contribution in [0.2, 0.25) is 0 Å². The molecule has 2 aromatic carbocycles. The van der Waals surface area contributed by atoms with Gasteiger partial charge in [0.15, 0.2) is 5.78 Å². The number of Topliss-reactive ketones (excluding diaryl/α,β-unsaturated/α-hetero) is 1. The molecule has 0 saturated carbocycles. The molecule has 0 bridgehead atoms. The lowest BCUT2D eigenvalue weighted by molar-refractivity contribution is 0.0992. The molecule has 0 atom stereocenters. The lowest BCUT2D eigenvalue weighted by atomic mass is 9.98. The largest absolute Gasteiger partial charge is 0.378 e. The summed E-state index contributed by atoms with van der Waals surface area (Å²) in [6, 6.07) is 10.7. The van der Waals surface area contributed by atoms with Crippen LogP contribution in [-0.4, -0.2) is 65.9 Å². The van der Waals surface area contributed by atoms with E-state index in [9.17, 15) is 26.8 Å². The molecule has 11 nitrogen and oxygen atoms in total. The van der Waals surface area contributed by atoms with Gasteiger partial charge in [0.25, 0.3) is 5.91 Å². The summed E-state index contributed by atoms with van der Waals surface area (Å²) >= 11 is 0. The minimum Gasteiger partial charge on any atom is -0.378 e. The van der Waals surface area contributed by atoms with Gasteiger partial charge in [-0.1, -0.05) is 0 Å². The number of aromatic nitrogens is 3. The van der Waals surface area contributed by atoms with E-state index in [0.29, 0.717) is 60.7 Å². The minimum atomic E-state index is -4.33. The van der Waals surface area contributed by atoms with Crippen LogP contribution in [0.25, 0.3) is 0 Å². The Bertz CT molecular complexity index is 1830. The van der Waals surface area contributed by atoms with Gasteiger partial charge in [-0.3, -0.25) is 14.7 Å². The van der Waals surface area contributed by atoms with E-state index in [2.05, 4.69) is 25.4 Å². The number of anilines is 2. The lowest BCUT2D eigenvalue weighted by Gasteiger charge is -2.30. The van der Waals surface area contributed by atoms with E-state index >= 15 is 0 Å². The molecule has 0 aliphatic carbocycles. The summed E-state index contributed by atoms with van der Waals surface area (Å²) in [6.45, 7) is 5.56. The second-order valence-electron chi connectivity index (χ2n) is 11.2. The Labute approximate surface area is 252 Å². The van der Waals surface area contributed by atoms with E-state index in [1.807, 2.05) is 6.07 Å². The number of H-pyrrole nitrogens is 2. The number of hydrogen-bond acceptors (Lipinski definition) is 7. The first-order valence-corrected chi connectivity index (χ1v) is 15.4. The summed E-state index contributed by atoms with van der Waals surface area (Å²) in [5.74, 6) is -2.77. The number of ketones is 1. The fourth-order valence-electron chi connectivity index (χ4n) is 5.69. The number of amides is 1. The van der Waals surface area contributed by atoms with Gasteiger partial charge in [0.05, 0.1) is 41.5 Å². The Balaban J connectivity index is 1.29. The zero-order valence-corrected chi connectivity index (χ0v) is 24.8. The number of fused-ring (bicyclic) bond motifs is 1. The number of aromatic amines is 2. The number of ether oxygens (including phenoxy) is 1. The molecule has 3 N–H and O–H groups in total. The molecule has 14 heteroatoms. The third-order valence-electron chi connectivity index (χ3n) is 7.99. The van der Waals surface area contributed by atoms with Gasteiger partial charge in [-0.25, -0.2) is 17.2 Å². The molecule has 1 fully saturated rings. The molecule has 0 spiro atoms. The fraction of sp³-hybridized carbons (Fsp3) is 0.300. The summed E-state index contributed by atoms with van der Waals surface area (Å²) in [7, 11) is -4.33. The molecule has 4 aromatic rings. The second-order valence-corrected chi connectivity index (χ2v) is 13.0. The Kier molecular flexibility index (Phi) is 7.59. The summed E-state index contributed by atoms with van der Waals surface area (Å²) in [4.78, 5) is 31.2. The van der Waals surface area contributed by atoms with Crippen molar-refractivity contribution in [3.8, 4) is 0 Å². The van der Waals surface area contributed by atoms with Crippen LogP contribution >= 0.6 is 0 Å². The maximum Gasteiger partial charge on any atom is 0.272 e. The molecule has 0 unspecified atom stereocenters. The maximum absolute atomic E-state index is 13.9. The summed E-state index contributed by atoms with van der Waals surface area (Å²) in [6.07, 6.45) is 1.46. The number of nitrogens with one attached hydrogen (secondary N) is 3. The number of morpholine rings is 1. The lowest BCUT2D eigenvalue weighted by Crippen LogP contribution is -2.40. The number of halogens is 2. The van der Waals surface area contributed by atoms with Crippen LogP contribution < -0.4 is 10.2 Å². The van der Waals surface area contributed by atoms with Gasteiger partial charge < -0.3 is 19.9 Å². The number of carbonyl (C=O) groups is 2. The minimum absolute atomic E-state index is 0.158. The Morgan fingerprint density at radius 3 is 2.48 bits per heavy atom. The SMILES string of the molecule is CC1(C)c2n[nH]c(CC(=O)c3ccc(N4CCOCC4)cc3NC(=O)c3ccc[nH]3)c2CN1S(=O)(=O)c1cc(F)cc(F)c1. The predicted octanol–water partition coefficient (Wildman–Crippen LogP) is 3.97. The Morgan fingerprint density at radius 1 is 1.07 bits per heavy atom. The summed E-state index contributed by atoms with van der Waals surface area (Å²) in [5, 5.41) is 10.1. The highest BCUT2D eigenvalue weighted by molar-refractivity contribution is 7.89. The second kappa shape index (κ2) is 11.3. The quantitative estimate of drug-likeness (QED) is 0.252. The average Bonchev–Trinajstić information content (AvgIpc) is 3.72. The number of hydrogen-bond donors (Lipinski definition) is 3. The van der Waals surface area contributed by atoms with Crippen LogP contribution in [0.1, 0.15) is 51.6 Å². The molecule has 4 heterocycles. The molecule has 2 aliphatic rings. The molecule has 230 valence electrons. The van der Waals surface area contributed by atoms with E-state index < -0.39 is 38.0 Å². The van der Waals surface area contributed by atoms with Gasteiger partial charge in [0.2, 0.25) is 10.0 Å². The van der Waals surface area contributed by atoms with Crippen molar-refractivity contribution in [1.29, 1.82) is 0 Å². The normalized spacial score (nSPS) is 16.6. The molecular formula is C30H30F2N6O5S. The zero-order valence-electron chi connectivity index (χ0n) is 24.0. The van der Waals surface area contributed by atoms with Crippen molar-refractivity contribution in [3.63, 3.8) is 0 Å². The molecule has 2 aromatic heterocycles. The van der Waals surface area contributed by atoms with E-state index in [1.165, 1.54) is 0 Å². The number of sulfonamides is 1. The van der Waals surface area contributed by atoms with Crippen LogP contribution in [0.5, 0.6) is 0 Å². The number of nitrogens with zero attached hydrogens (tertiary/aromatic N) is 3. The predicted molar refractivity (Wildman–Crippen MR) is 157 cm³/mol. The van der Waals surface area contributed by atoms with Gasteiger partial charge >= 0.3 is 0 Å². The van der Waals surface area contributed by atoms with Crippen molar-refractivity contribution in [2.45, 2.75) is 37.2 Å². The van der Waals surface area contributed by atoms with E-state index in [0.717, 1.165) is 22.1 Å². The van der Waals surface area contributed by atoms with Gasteiger partial charge in [0, 0.05) is 54.4 Å². The molecule has 2 aliphatic heterocycles. The Hall–Kier alpha value is -4.40. The average molecular weight is 625 g/mol. The number of carbonyl (C=O) groups excluding carboxylic acids is 2. The van der Waals surface area contributed by atoms with Crippen LogP contribution in [-0.2, 0) is 33.3 Å². The molecule has 1 amide bonds. The van der Waals surface area contributed by atoms with Crippen molar-refractivity contribution in [2.24, 2.45) is 0 Å².